The van der Waals surface area contributed by atoms with E-state index in [1.165, 1.54) is 39.1 Å². The predicted molar refractivity (Wildman–Crippen MR) is 218 cm³/mol. The lowest BCUT2D eigenvalue weighted by molar-refractivity contribution is 1.21. The van der Waals surface area contributed by atoms with E-state index in [4.69, 9.17) is 0 Å². The summed E-state index contributed by atoms with van der Waals surface area (Å²) in [5, 5.41) is 0. The van der Waals surface area contributed by atoms with E-state index >= 15 is 0 Å². The molecule has 0 amide bonds. The summed E-state index contributed by atoms with van der Waals surface area (Å²) in [5.41, 5.74) is 12.9. The Labute approximate surface area is 302 Å². The van der Waals surface area contributed by atoms with Gasteiger partial charge in [0.1, 0.15) is 0 Å². The molecule has 0 fully saturated rings. The molecule has 246 valence electrons. The summed E-state index contributed by atoms with van der Waals surface area (Å²) >= 11 is 0. The lowest BCUT2D eigenvalue weighted by Crippen LogP contribution is -2.10. The summed E-state index contributed by atoms with van der Waals surface area (Å²) < 4.78 is 0. The molecule has 0 unspecified atom stereocenters. The van der Waals surface area contributed by atoms with Crippen molar-refractivity contribution in [3.05, 3.63) is 224 Å². The van der Waals surface area contributed by atoms with Crippen LogP contribution >= 0.6 is 0 Å². The molecule has 0 spiro atoms. The fourth-order valence-corrected chi connectivity index (χ4v) is 6.18. The first-order valence-corrected chi connectivity index (χ1v) is 17.3. The fraction of sp³-hybridized carbons (Fsp3) is 0.0204. The average Bonchev–Trinajstić information content (AvgIpc) is 3.23. The quantitative estimate of drug-likeness (QED) is 0.161. The predicted octanol–water partition coefficient (Wildman–Crippen LogP) is 13.6. The van der Waals surface area contributed by atoms with Crippen LogP contribution in [-0.4, -0.2) is 7.05 Å². The highest BCUT2D eigenvalue weighted by Gasteiger charge is 2.14. The number of para-hydroxylation sites is 1. The van der Waals surface area contributed by atoms with Gasteiger partial charge in [-0.3, -0.25) is 0 Å². The van der Waals surface area contributed by atoms with E-state index in [1.54, 1.807) is 0 Å². The van der Waals surface area contributed by atoms with Gasteiger partial charge < -0.3 is 9.80 Å². The van der Waals surface area contributed by atoms with Crippen LogP contribution in [0.5, 0.6) is 0 Å². The summed E-state index contributed by atoms with van der Waals surface area (Å²) in [5.74, 6) is 0. The topological polar surface area (TPSA) is 6.48 Å². The first-order chi connectivity index (χ1) is 25.2. The molecule has 51 heavy (non-hydrogen) atoms. The van der Waals surface area contributed by atoms with Gasteiger partial charge >= 0.3 is 0 Å². The number of hydrogen-bond donors (Lipinski definition) is 0. The first-order valence-electron chi connectivity index (χ1n) is 17.3. The van der Waals surface area contributed by atoms with Gasteiger partial charge in [0.15, 0.2) is 0 Å². The Kier molecular flexibility index (Phi) is 10.4. The van der Waals surface area contributed by atoms with Crippen molar-refractivity contribution in [3.63, 3.8) is 0 Å². The zero-order chi connectivity index (χ0) is 34.7. The van der Waals surface area contributed by atoms with Crippen LogP contribution in [0, 0.1) is 0 Å². The SMILES string of the molecule is CN(c1ccccc1)c1ccc(-c2ccc(N(c3ccc(-c4ccccc4)cc3)c3ccc(-c4ccccc4)cc3)cc2)cc1.c1ccccc1. The lowest BCUT2D eigenvalue weighted by Gasteiger charge is -2.26. The van der Waals surface area contributed by atoms with Gasteiger partial charge in [-0.25, -0.2) is 0 Å². The minimum absolute atomic E-state index is 1.11. The Hall–Kier alpha value is -6.64. The second kappa shape index (κ2) is 16.2. The van der Waals surface area contributed by atoms with Gasteiger partial charge in [0.2, 0.25) is 0 Å². The number of benzene rings is 8. The number of rotatable bonds is 8. The number of anilines is 5. The van der Waals surface area contributed by atoms with E-state index in [9.17, 15) is 0 Å². The van der Waals surface area contributed by atoms with E-state index in [1.807, 2.05) is 42.5 Å². The molecule has 0 aromatic heterocycles. The maximum atomic E-state index is 2.32. The molecule has 0 aliphatic heterocycles. The minimum Gasteiger partial charge on any atom is -0.345 e. The van der Waals surface area contributed by atoms with Crippen molar-refractivity contribution in [1.29, 1.82) is 0 Å². The fourth-order valence-electron chi connectivity index (χ4n) is 6.18. The third kappa shape index (κ3) is 8.16. The van der Waals surface area contributed by atoms with Crippen molar-refractivity contribution in [1.82, 2.24) is 0 Å². The monoisotopic (exact) mass is 656 g/mol. The van der Waals surface area contributed by atoms with Crippen LogP contribution in [-0.2, 0) is 0 Å². The Balaban J connectivity index is 0.000000615. The van der Waals surface area contributed by atoms with E-state index in [0.717, 1.165) is 22.7 Å². The van der Waals surface area contributed by atoms with Crippen LogP contribution < -0.4 is 9.80 Å². The third-order valence-electron chi connectivity index (χ3n) is 8.99. The molecule has 0 aliphatic carbocycles. The van der Waals surface area contributed by atoms with Gasteiger partial charge in [-0.2, -0.15) is 0 Å². The number of hydrogen-bond acceptors (Lipinski definition) is 2. The second-order valence-electron chi connectivity index (χ2n) is 12.3. The van der Waals surface area contributed by atoms with Gasteiger partial charge in [-0.15, -0.1) is 0 Å². The standard InChI is InChI=1S/C43H34N2.C6H6/c1-44(39-15-9-4-10-16-39)40-25-17-37(18-26-40)38-23-31-43(32-24-38)45(41-27-19-35(20-28-41)33-11-5-2-6-12-33)42-29-21-36(22-30-42)34-13-7-3-8-14-34;1-2-4-6-5-3-1/h2-32H,1H3;1-6H. The third-order valence-corrected chi connectivity index (χ3v) is 8.99. The lowest BCUT2D eigenvalue weighted by atomic mass is 10.0. The van der Waals surface area contributed by atoms with E-state index in [-0.39, 0.29) is 0 Å². The van der Waals surface area contributed by atoms with E-state index in [0.29, 0.717) is 0 Å². The summed E-state index contributed by atoms with van der Waals surface area (Å²) in [6.45, 7) is 0. The summed E-state index contributed by atoms with van der Waals surface area (Å²) in [7, 11) is 2.10. The highest BCUT2D eigenvalue weighted by molar-refractivity contribution is 5.81. The van der Waals surface area contributed by atoms with Crippen LogP contribution in [0.1, 0.15) is 0 Å². The van der Waals surface area contributed by atoms with Gasteiger partial charge in [0.25, 0.3) is 0 Å². The van der Waals surface area contributed by atoms with Crippen LogP contribution in [0.15, 0.2) is 224 Å². The van der Waals surface area contributed by atoms with E-state index in [2.05, 4.69) is 199 Å². The molecule has 2 nitrogen and oxygen atoms in total. The van der Waals surface area contributed by atoms with Crippen molar-refractivity contribution >= 4 is 28.4 Å². The van der Waals surface area contributed by atoms with Gasteiger partial charge in [0.05, 0.1) is 0 Å². The maximum Gasteiger partial charge on any atom is 0.0462 e. The van der Waals surface area contributed by atoms with Crippen LogP contribution in [0.2, 0.25) is 0 Å². The molecule has 0 N–H and O–H groups in total. The molecule has 0 radical (unpaired) electrons. The molecule has 0 atom stereocenters. The molecule has 0 saturated carbocycles. The maximum absolute atomic E-state index is 2.32. The molecular weight excluding hydrogens is 617 g/mol. The largest absolute Gasteiger partial charge is 0.345 e. The van der Waals surface area contributed by atoms with Gasteiger partial charge in [-0.1, -0.05) is 164 Å². The molecule has 0 bridgehead atoms. The Bertz CT molecular complexity index is 2090. The Morgan fingerprint density at radius 1 is 0.216 bits per heavy atom. The van der Waals surface area contributed by atoms with Crippen molar-refractivity contribution in [2.75, 3.05) is 16.8 Å². The van der Waals surface area contributed by atoms with Gasteiger partial charge in [-0.05, 0) is 94.0 Å². The zero-order valence-corrected chi connectivity index (χ0v) is 28.8. The normalized spacial score (nSPS) is 10.5. The second-order valence-corrected chi connectivity index (χ2v) is 12.3. The van der Waals surface area contributed by atoms with Crippen LogP contribution in [0.25, 0.3) is 33.4 Å². The molecule has 2 heteroatoms. The minimum atomic E-state index is 1.11. The molecule has 0 saturated heterocycles. The number of nitrogens with zero attached hydrogens (tertiary/aromatic N) is 2. The van der Waals surface area contributed by atoms with Crippen molar-refractivity contribution < 1.29 is 0 Å². The Morgan fingerprint density at radius 2 is 0.431 bits per heavy atom. The summed E-state index contributed by atoms with van der Waals surface area (Å²) in [6, 6.07) is 78.8. The Morgan fingerprint density at radius 3 is 0.745 bits per heavy atom. The van der Waals surface area contributed by atoms with Crippen molar-refractivity contribution in [2.24, 2.45) is 0 Å². The van der Waals surface area contributed by atoms with Crippen LogP contribution in [0.4, 0.5) is 28.4 Å². The molecule has 8 aromatic carbocycles. The molecule has 8 aromatic rings. The zero-order valence-electron chi connectivity index (χ0n) is 28.8. The molecular formula is C49H40N2. The smallest absolute Gasteiger partial charge is 0.0462 e. The van der Waals surface area contributed by atoms with Crippen LogP contribution in [0.3, 0.4) is 0 Å². The van der Waals surface area contributed by atoms with Crippen molar-refractivity contribution in [2.45, 2.75) is 0 Å². The average molecular weight is 657 g/mol. The van der Waals surface area contributed by atoms with Crippen molar-refractivity contribution in [3.8, 4) is 33.4 Å². The molecule has 0 aliphatic rings. The highest BCUT2D eigenvalue weighted by Crippen LogP contribution is 2.38. The first kappa shape index (κ1) is 32.9. The van der Waals surface area contributed by atoms with E-state index < -0.39 is 0 Å². The van der Waals surface area contributed by atoms with Gasteiger partial charge in [0, 0.05) is 35.5 Å². The molecule has 0 heterocycles. The highest BCUT2D eigenvalue weighted by atomic mass is 15.1. The summed E-state index contributed by atoms with van der Waals surface area (Å²) in [6.07, 6.45) is 0. The summed E-state index contributed by atoms with van der Waals surface area (Å²) in [4.78, 5) is 4.53. The molecule has 8 rings (SSSR count).